The standard InChI is InChI=1S/C15H16N2O2/c1-10-6-7-11(8-13(10)16)15(19)17-14-5-3-2-4-12(14)9-18/h2-8,18H,9,16H2,1H3,(H,17,19). The van der Waals surface area contributed by atoms with Crippen LogP contribution in [-0.4, -0.2) is 11.0 Å². The number of aryl methyl sites for hydroxylation is 1. The van der Waals surface area contributed by atoms with Crippen LogP contribution in [-0.2, 0) is 6.61 Å². The third-order valence-corrected chi connectivity index (χ3v) is 2.98. The first-order chi connectivity index (χ1) is 9.11. The molecule has 0 aromatic heterocycles. The lowest BCUT2D eigenvalue weighted by Gasteiger charge is -2.10. The molecular formula is C15H16N2O2. The fraction of sp³-hybridized carbons (Fsp3) is 0.133. The van der Waals surface area contributed by atoms with Gasteiger partial charge in [-0.1, -0.05) is 24.3 Å². The Balaban J connectivity index is 2.23. The van der Waals surface area contributed by atoms with Crippen molar-refractivity contribution in [2.45, 2.75) is 13.5 Å². The van der Waals surface area contributed by atoms with Crippen molar-refractivity contribution < 1.29 is 9.90 Å². The largest absolute Gasteiger partial charge is 0.398 e. The van der Waals surface area contributed by atoms with Crippen molar-refractivity contribution in [2.24, 2.45) is 0 Å². The van der Waals surface area contributed by atoms with Crippen LogP contribution in [0, 0.1) is 6.92 Å². The molecule has 4 nitrogen and oxygen atoms in total. The molecule has 0 saturated carbocycles. The number of amides is 1. The predicted octanol–water partition coefficient (Wildman–Crippen LogP) is 2.32. The van der Waals surface area contributed by atoms with Gasteiger partial charge in [-0.15, -0.1) is 0 Å². The molecule has 2 aromatic carbocycles. The number of nitrogens with one attached hydrogen (secondary N) is 1. The SMILES string of the molecule is Cc1ccc(C(=O)Nc2ccccc2CO)cc1N. The molecule has 0 saturated heterocycles. The lowest BCUT2D eigenvalue weighted by Crippen LogP contribution is -2.13. The van der Waals surface area contributed by atoms with Crippen LogP contribution >= 0.6 is 0 Å². The first kappa shape index (κ1) is 13.1. The molecule has 0 unspecified atom stereocenters. The van der Waals surface area contributed by atoms with E-state index in [2.05, 4.69) is 5.32 Å². The number of para-hydroxylation sites is 1. The normalized spacial score (nSPS) is 10.2. The second kappa shape index (κ2) is 5.54. The molecular weight excluding hydrogens is 240 g/mol. The fourth-order valence-electron chi connectivity index (χ4n) is 1.76. The molecule has 19 heavy (non-hydrogen) atoms. The van der Waals surface area contributed by atoms with Gasteiger partial charge in [0.15, 0.2) is 0 Å². The van der Waals surface area contributed by atoms with Gasteiger partial charge in [0.1, 0.15) is 0 Å². The highest BCUT2D eigenvalue weighted by molar-refractivity contribution is 6.05. The lowest BCUT2D eigenvalue weighted by atomic mass is 10.1. The number of carbonyl (C=O) groups excluding carboxylic acids is 1. The molecule has 0 radical (unpaired) electrons. The Bertz CT molecular complexity index is 609. The number of hydrogen-bond donors (Lipinski definition) is 3. The highest BCUT2D eigenvalue weighted by atomic mass is 16.3. The van der Waals surface area contributed by atoms with Gasteiger partial charge in [0.05, 0.1) is 6.61 Å². The number of rotatable bonds is 3. The molecule has 2 aromatic rings. The summed E-state index contributed by atoms with van der Waals surface area (Å²) in [5.74, 6) is -0.243. The van der Waals surface area contributed by atoms with Crippen LogP contribution < -0.4 is 11.1 Å². The summed E-state index contributed by atoms with van der Waals surface area (Å²) in [4.78, 5) is 12.1. The average Bonchev–Trinajstić information content (AvgIpc) is 2.42. The number of hydrogen-bond acceptors (Lipinski definition) is 3. The van der Waals surface area contributed by atoms with Crippen molar-refractivity contribution in [1.29, 1.82) is 0 Å². The minimum absolute atomic E-state index is 0.119. The molecule has 0 fully saturated rings. The first-order valence-corrected chi connectivity index (χ1v) is 5.98. The zero-order valence-corrected chi connectivity index (χ0v) is 10.7. The number of aliphatic hydroxyl groups is 1. The zero-order chi connectivity index (χ0) is 13.8. The maximum absolute atomic E-state index is 12.1. The molecule has 98 valence electrons. The van der Waals surface area contributed by atoms with E-state index in [1.54, 1.807) is 30.3 Å². The van der Waals surface area contributed by atoms with E-state index in [-0.39, 0.29) is 12.5 Å². The number of nitrogen functional groups attached to an aromatic ring is 1. The van der Waals surface area contributed by atoms with Gasteiger partial charge in [0, 0.05) is 22.5 Å². The van der Waals surface area contributed by atoms with Gasteiger partial charge in [0.25, 0.3) is 5.91 Å². The van der Waals surface area contributed by atoms with E-state index < -0.39 is 0 Å². The third-order valence-electron chi connectivity index (χ3n) is 2.98. The summed E-state index contributed by atoms with van der Waals surface area (Å²) in [5, 5.41) is 12.0. The number of aliphatic hydroxyl groups excluding tert-OH is 1. The van der Waals surface area contributed by atoms with Gasteiger partial charge >= 0.3 is 0 Å². The van der Waals surface area contributed by atoms with Gasteiger partial charge in [0.2, 0.25) is 0 Å². The van der Waals surface area contributed by atoms with Crippen LogP contribution in [0.2, 0.25) is 0 Å². The van der Waals surface area contributed by atoms with E-state index in [4.69, 9.17) is 5.73 Å². The Morgan fingerprint density at radius 2 is 2.00 bits per heavy atom. The summed E-state index contributed by atoms with van der Waals surface area (Å²) in [6.45, 7) is 1.77. The molecule has 4 N–H and O–H groups in total. The molecule has 0 atom stereocenters. The Kier molecular flexibility index (Phi) is 3.82. The topological polar surface area (TPSA) is 75.3 Å². The minimum Gasteiger partial charge on any atom is -0.398 e. The molecule has 0 heterocycles. The number of carbonyl (C=O) groups is 1. The highest BCUT2D eigenvalue weighted by Crippen LogP contribution is 2.18. The molecule has 4 heteroatoms. The fourth-order valence-corrected chi connectivity index (χ4v) is 1.76. The summed E-state index contributed by atoms with van der Waals surface area (Å²) in [6.07, 6.45) is 0. The van der Waals surface area contributed by atoms with E-state index in [1.807, 2.05) is 19.1 Å². The maximum atomic E-state index is 12.1. The van der Waals surface area contributed by atoms with E-state index in [9.17, 15) is 9.90 Å². The Hall–Kier alpha value is -2.33. The quantitative estimate of drug-likeness (QED) is 0.738. The summed E-state index contributed by atoms with van der Waals surface area (Å²) < 4.78 is 0. The van der Waals surface area contributed by atoms with Crippen molar-refractivity contribution in [3.63, 3.8) is 0 Å². The molecule has 2 rings (SSSR count). The van der Waals surface area contributed by atoms with Gasteiger partial charge in [-0.2, -0.15) is 0 Å². The van der Waals surface area contributed by atoms with Gasteiger partial charge < -0.3 is 16.2 Å². The van der Waals surface area contributed by atoms with Crippen LogP contribution in [0.3, 0.4) is 0 Å². The number of benzene rings is 2. The highest BCUT2D eigenvalue weighted by Gasteiger charge is 2.09. The van der Waals surface area contributed by atoms with Crippen LogP contribution in [0.25, 0.3) is 0 Å². The van der Waals surface area contributed by atoms with Crippen molar-refractivity contribution in [2.75, 3.05) is 11.1 Å². The number of nitrogens with two attached hydrogens (primary N) is 1. The van der Waals surface area contributed by atoms with Crippen molar-refractivity contribution >= 4 is 17.3 Å². The van der Waals surface area contributed by atoms with Crippen LogP contribution in [0.1, 0.15) is 21.5 Å². The zero-order valence-electron chi connectivity index (χ0n) is 10.7. The smallest absolute Gasteiger partial charge is 0.255 e. The van der Waals surface area contributed by atoms with E-state index in [1.165, 1.54) is 0 Å². The molecule has 0 aliphatic carbocycles. The summed E-state index contributed by atoms with van der Waals surface area (Å²) in [5.41, 5.74) is 9.09. The lowest BCUT2D eigenvalue weighted by molar-refractivity contribution is 0.102. The van der Waals surface area contributed by atoms with Gasteiger partial charge in [-0.25, -0.2) is 0 Å². The second-order valence-corrected chi connectivity index (χ2v) is 4.34. The average molecular weight is 256 g/mol. The Labute approximate surface area is 111 Å². The first-order valence-electron chi connectivity index (χ1n) is 5.98. The Morgan fingerprint density at radius 1 is 1.26 bits per heavy atom. The predicted molar refractivity (Wildman–Crippen MR) is 75.9 cm³/mol. The summed E-state index contributed by atoms with van der Waals surface area (Å²) in [7, 11) is 0. The molecule has 0 spiro atoms. The molecule has 0 bridgehead atoms. The van der Waals surface area contributed by atoms with Crippen LogP contribution in [0.15, 0.2) is 42.5 Å². The van der Waals surface area contributed by atoms with Crippen molar-refractivity contribution in [3.8, 4) is 0 Å². The van der Waals surface area contributed by atoms with Crippen molar-refractivity contribution in [1.82, 2.24) is 0 Å². The van der Waals surface area contributed by atoms with E-state index in [0.29, 0.717) is 22.5 Å². The maximum Gasteiger partial charge on any atom is 0.255 e. The van der Waals surface area contributed by atoms with Crippen LogP contribution in [0.5, 0.6) is 0 Å². The van der Waals surface area contributed by atoms with Gasteiger partial charge in [-0.3, -0.25) is 4.79 Å². The van der Waals surface area contributed by atoms with Crippen LogP contribution in [0.4, 0.5) is 11.4 Å². The molecule has 0 aliphatic rings. The van der Waals surface area contributed by atoms with Gasteiger partial charge in [-0.05, 0) is 30.7 Å². The third kappa shape index (κ3) is 2.92. The molecule has 0 aliphatic heterocycles. The summed E-state index contributed by atoms with van der Waals surface area (Å²) >= 11 is 0. The van der Waals surface area contributed by atoms with E-state index >= 15 is 0 Å². The Morgan fingerprint density at radius 3 is 2.68 bits per heavy atom. The number of anilines is 2. The van der Waals surface area contributed by atoms with E-state index in [0.717, 1.165) is 5.56 Å². The monoisotopic (exact) mass is 256 g/mol. The summed E-state index contributed by atoms with van der Waals surface area (Å²) in [6, 6.07) is 12.3. The molecule has 1 amide bonds. The second-order valence-electron chi connectivity index (χ2n) is 4.34. The van der Waals surface area contributed by atoms with Crippen molar-refractivity contribution in [3.05, 3.63) is 59.2 Å². The minimum atomic E-state index is -0.243.